The van der Waals surface area contributed by atoms with Crippen LogP contribution in [0.5, 0.6) is 5.75 Å². The van der Waals surface area contributed by atoms with E-state index in [0.717, 1.165) is 16.6 Å². The molecule has 33 heavy (non-hydrogen) atoms. The second kappa shape index (κ2) is 9.30. The van der Waals surface area contributed by atoms with E-state index in [1.807, 2.05) is 24.3 Å². The average Bonchev–Trinajstić information content (AvgIpc) is 3.03. The standard InChI is InChI=1S/C23H25F3N4O3/c1-27-19-4-2-3-5-20(19)30(22(27)32)11-10-21(31)29-14-12-28(13-15-29)16-17-6-8-18(9-7-17)33-23(24,25)26/h2-9H,10-16H2,1H3. The number of carbonyl (C=O) groups excluding carboxylic acids is 1. The van der Waals surface area contributed by atoms with Crippen LogP contribution in [0.15, 0.2) is 53.3 Å². The molecule has 7 nitrogen and oxygen atoms in total. The summed E-state index contributed by atoms with van der Waals surface area (Å²) in [6.45, 7) is 3.38. The molecule has 1 aliphatic heterocycles. The number of fused-ring (bicyclic) bond motifs is 1. The number of benzene rings is 2. The fourth-order valence-electron chi connectivity index (χ4n) is 4.15. The van der Waals surface area contributed by atoms with Crippen LogP contribution in [0.25, 0.3) is 11.0 Å². The molecule has 1 aliphatic rings. The van der Waals surface area contributed by atoms with Gasteiger partial charge < -0.3 is 9.64 Å². The maximum Gasteiger partial charge on any atom is 0.573 e. The number of alkyl halides is 3. The predicted octanol–water partition coefficient (Wildman–Crippen LogP) is 2.97. The number of rotatable bonds is 6. The van der Waals surface area contributed by atoms with E-state index < -0.39 is 6.36 Å². The van der Waals surface area contributed by atoms with Crippen molar-refractivity contribution in [3.8, 4) is 5.75 Å². The zero-order chi connectivity index (χ0) is 23.6. The Labute approximate surface area is 188 Å². The zero-order valence-electron chi connectivity index (χ0n) is 18.2. The number of halogens is 3. The first kappa shape index (κ1) is 22.9. The first-order valence-corrected chi connectivity index (χ1v) is 10.7. The van der Waals surface area contributed by atoms with Crippen molar-refractivity contribution >= 4 is 16.9 Å². The fourth-order valence-corrected chi connectivity index (χ4v) is 4.15. The molecule has 0 radical (unpaired) electrons. The highest BCUT2D eigenvalue weighted by Crippen LogP contribution is 2.23. The Kier molecular flexibility index (Phi) is 6.46. The second-order valence-corrected chi connectivity index (χ2v) is 8.08. The number of hydrogen-bond donors (Lipinski definition) is 0. The van der Waals surface area contributed by atoms with Crippen molar-refractivity contribution in [1.29, 1.82) is 0 Å². The molecule has 3 aromatic rings. The van der Waals surface area contributed by atoms with Gasteiger partial charge >= 0.3 is 12.1 Å². The number of para-hydroxylation sites is 2. The summed E-state index contributed by atoms with van der Waals surface area (Å²) < 4.78 is 43.9. The number of amides is 1. The van der Waals surface area contributed by atoms with Crippen molar-refractivity contribution in [3.63, 3.8) is 0 Å². The molecule has 1 amide bonds. The summed E-state index contributed by atoms with van der Waals surface area (Å²) in [5.41, 5.74) is 2.39. The highest BCUT2D eigenvalue weighted by Gasteiger charge is 2.31. The Morgan fingerprint density at radius 2 is 1.61 bits per heavy atom. The Bertz CT molecular complexity index is 1180. The zero-order valence-corrected chi connectivity index (χ0v) is 18.2. The topological polar surface area (TPSA) is 59.7 Å². The molecule has 4 rings (SSSR count). The summed E-state index contributed by atoms with van der Waals surface area (Å²) in [5, 5.41) is 0. The normalized spacial score (nSPS) is 15.2. The van der Waals surface area contributed by atoms with Gasteiger partial charge in [-0.25, -0.2) is 4.79 Å². The van der Waals surface area contributed by atoms with Gasteiger partial charge in [0.05, 0.1) is 11.0 Å². The highest BCUT2D eigenvalue weighted by atomic mass is 19.4. The Hall–Kier alpha value is -3.27. The molecule has 1 fully saturated rings. The van der Waals surface area contributed by atoms with Crippen molar-refractivity contribution in [2.45, 2.75) is 25.9 Å². The number of ether oxygens (including phenoxy) is 1. The van der Waals surface area contributed by atoms with Gasteiger partial charge in [-0.15, -0.1) is 13.2 Å². The minimum Gasteiger partial charge on any atom is -0.406 e. The molecule has 10 heteroatoms. The van der Waals surface area contributed by atoms with E-state index in [9.17, 15) is 22.8 Å². The number of aryl methyl sites for hydroxylation is 2. The van der Waals surface area contributed by atoms with Crippen LogP contribution in [0.1, 0.15) is 12.0 Å². The van der Waals surface area contributed by atoms with E-state index in [1.165, 1.54) is 12.1 Å². The Morgan fingerprint density at radius 1 is 0.970 bits per heavy atom. The number of piperazine rings is 1. The quantitative estimate of drug-likeness (QED) is 0.565. The molecule has 176 valence electrons. The monoisotopic (exact) mass is 462 g/mol. The van der Waals surface area contributed by atoms with Gasteiger partial charge in [-0.05, 0) is 29.8 Å². The molecule has 1 saturated heterocycles. The summed E-state index contributed by atoms with van der Waals surface area (Å²) in [7, 11) is 1.72. The SMILES string of the molecule is Cn1c(=O)n(CCC(=O)N2CCN(Cc3ccc(OC(F)(F)F)cc3)CC2)c2ccccc21. The lowest BCUT2D eigenvalue weighted by Crippen LogP contribution is -2.48. The minimum absolute atomic E-state index is 0.00290. The number of carbonyl (C=O) groups is 1. The molecule has 0 spiro atoms. The predicted molar refractivity (Wildman–Crippen MR) is 117 cm³/mol. The van der Waals surface area contributed by atoms with Crippen LogP contribution in [0, 0.1) is 0 Å². The van der Waals surface area contributed by atoms with Crippen molar-refractivity contribution in [2.75, 3.05) is 26.2 Å². The molecule has 2 heterocycles. The Balaban J connectivity index is 1.27. The average molecular weight is 462 g/mol. The Morgan fingerprint density at radius 3 is 2.24 bits per heavy atom. The van der Waals surface area contributed by atoms with E-state index in [2.05, 4.69) is 9.64 Å². The van der Waals surface area contributed by atoms with Crippen molar-refractivity contribution < 1.29 is 22.7 Å². The third-order valence-electron chi connectivity index (χ3n) is 5.89. The second-order valence-electron chi connectivity index (χ2n) is 8.08. The first-order valence-electron chi connectivity index (χ1n) is 10.7. The molecular weight excluding hydrogens is 437 g/mol. The lowest BCUT2D eigenvalue weighted by atomic mass is 10.2. The van der Waals surface area contributed by atoms with Crippen LogP contribution in [-0.2, 0) is 24.9 Å². The van der Waals surface area contributed by atoms with Crippen molar-refractivity contribution in [2.24, 2.45) is 7.05 Å². The molecule has 0 N–H and O–H groups in total. The highest BCUT2D eigenvalue weighted by molar-refractivity contribution is 5.78. The molecule has 0 atom stereocenters. The molecule has 1 aromatic heterocycles. The van der Waals surface area contributed by atoms with Gasteiger partial charge in [-0.2, -0.15) is 0 Å². The van der Waals surface area contributed by atoms with Gasteiger partial charge in [-0.3, -0.25) is 18.8 Å². The van der Waals surface area contributed by atoms with E-state index in [-0.39, 0.29) is 23.8 Å². The van der Waals surface area contributed by atoms with Crippen LogP contribution in [0.3, 0.4) is 0 Å². The third kappa shape index (κ3) is 5.39. The van der Waals surface area contributed by atoms with Gasteiger partial charge in [0, 0.05) is 52.7 Å². The molecule has 0 bridgehead atoms. The van der Waals surface area contributed by atoms with Gasteiger partial charge in [0.15, 0.2) is 0 Å². The van der Waals surface area contributed by atoms with Crippen LogP contribution in [-0.4, -0.2) is 57.4 Å². The van der Waals surface area contributed by atoms with Crippen LogP contribution >= 0.6 is 0 Å². The number of hydrogen-bond acceptors (Lipinski definition) is 4. The summed E-state index contributed by atoms with van der Waals surface area (Å²) in [6, 6.07) is 13.3. The minimum atomic E-state index is -4.70. The smallest absolute Gasteiger partial charge is 0.406 e. The van der Waals surface area contributed by atoms with Crippen molar-refractivity contribution in [3.05, 3.63) is 64.6 Å². The van der Waals surface area contributed by atoms with E-state index in [1.54, 1.807) is 33.2 Å². The summed E-state index contributed by atoms with van der Waals surface area (Å²) in [4.78, 5) is 29.2. The van der Waals surface area contributed by atoms with Crippen LogP contribution < -0.4 is 10.4 Å². The molecular formula is C23H25F3N4O3. The van der Waals surface area contributed by atoms with Crippen LogP contribution in [0.4, 0.5) is 13.2 Å². The largest absolute Gasteiger partial charge is 0.573 e. The summed E-state index contributed by atoms with van der Waals surface area (Å²) in [6.07, 6.45) is -4.46. The lowest BCUT2D eigenvalue weighted by Gasteiger charge is -2.34. The molecule has 0 saturated carbocycles. The molecule has 0 aliphatic carbocycles. The van der Waals surface area contributed by atoms with Gasteiger partial charge in [0.1, 0.15) is 5.75 Å². The fraction of sp³-hybridized carbons (Fsp3) is 0.391. The van der Waals surface area contributed by atoms with Gasteiger partial charge in [-0.1, -0.05) is 24.3 Å². The van der Waals surface area contributed by atoms with Crippen molar-refractivity contribution in [1.82, 2.24) is 18.9 Å². The summed E-state index contributed by atoms with van der Waals surface area (Å²) in [5.74, 6) is -0.241. The maximum absolute atomic E-state index is 12.7. The lowest BCUT2D eigenvalue weighted by molar-refractivity contribution is -0.274. The maximum atomic E-state index is 12.7. The van der Waals surface area contributed by atoms with E-state index in [0.29, 0.717) is 39.3 Å². The van der Waals surface area contributed by atoms with Crippen LogP contribution in [0.2, 0.25) is 0 Å². The molecule has 0 unspecified atom stereocenters. The first-order chi connectivity index (χ1) is 15.7. The van der Waals surface area contributed by atoms with E-state index in [4.69, 9.17) is 0 Å². The van der Waals surface area contributed by atoms with Gasteiger partial charge in [0.2, 0.25) is 5.91 Å². The third-order valence-corrected chi connectivity index (χ3v) is 5.89. The number of aromatic nitrogens is 2. The number of nitrogens with zero attached hydrogens (tertiary/aromatic N) is 4. The summed E-state index contributed by atoms with van der Waals surface area (Å²) >= 11 is 0. The van der Waals surface area contributed by atoms with Gasteiger partial charge in [0.25, 0.3) is 0 Å². The molecule has 2 aromatic carbocycles. The van der Waals surface area contributed by atoms with E-state index >= 15 is 0 Å². The number of imidazole rings is 1.